The Morgan fingerprint density at radius 3 is 2.58 bits per heavy atom. The number of aliphatic carboxylic acids is 1. The number of hydrogen-bond acceptors (Lipinski definition) is 3. The van der Waals surface area contributed by atoms with Crippen LogP contribution in [0.1, 0.15) is 31.5 Å². The molecule has 0 atom stereocenters. The minimum absolute atomic E-state index is 0.0724. The van der Waals surface area contributed by atoms with Crippen molar-refractivity contribution in [2.45, 2.75) is 33.6 Å². The molecule has 1 heterocycles. The number of carboxylic acids is 1. The van der Waals surface area contributed by atoms with Crippen LogP contribution in [0.15, 0.2) is 17.3 Å². The van der Waals surface area contributed by atoms with E-state index in [2.05, 4.69) is 15.5 Å². The van der Waals surface area contributed by atoms with Gasteiger partial charge in [0.2, 0.25) is 5.91 Å². The van der Waals surface area contributed by atoms with Crippen LogP contribution in [-0.2, 0) is 16.0 Å². The second kappa shape index (κ2) is 6.72. The van der Waals surface area contributed by atoms with Gasteiger partial charge in [0.05, 0.1) is 6.20 Å². The van der Waals surface area contributed by atoms with E-state index >= 15 is 0 Å². The molecular weight excluding hydrogens is 246 g/mol. The van der Waals surface area contributed by atoms with Gasteiger partial charge in [-0.15, -0.1) is 0 Å². The number of carbonyl (C=O) groups is 2. The number of aromatic amines is 1. The molecule has 6 heteroatoms. The van der Waals surface area contributed by atoms with E-state index in [1.54, 1.807) is 6.20 Å². The molecule has 0 radical (unpaired) electrons. The zero-order valence-corrected chi connectivity index (χ0v) is 11.4. The molecule has 0 saturated heterocycles. The van der Waals surface area contributed by atoms with Gasteiger partial charge in [0.15, 0.2) is 0 Å². The van der Waals surface area contributed by atoms with Gasteiger partial charge >= 0.3 is 5.97 Å². The Balaban J connectivity index is 2.38. The summed E-state index contributed by atoms with van der Waals surface area (Å²) in [6.07, 6.45) is 3.38. The lowest BCUT2D eigenvalue weighted by Gasteiger charge is -2.06. The maximum Gasteiger partial charge on any atom is 0.331 e. The van der Waals surface area contributed by atoms with Gasteiger partial charge in [0.25, 0.3) is 0 Å². The quantitative estimate of drug-likeness (QED) is 0.532. The Hall–Kier alpha value is -2.11. The second-order valence-electron chi connectivity index (χ2n) is 4.43. The van der Waals surface area contributed by atoms with Gasteiger partial charge in [-0.25, -0.2) is 4.79 Å². The first-order valence-corrected chi connectivity index (χ1v) is 6.11. The van der Waals surface area contributed by atoms with Gasteiger partial charge in [0.1, 0.15) is 0 Å². The van der Waals surface area contributed by atoms with E-state index in [0.29, 0.717) is 6.54 Å². The number of nitrogens with one attached hydrogen (secondary N) is 2. The lowest BCUT2D eigenvalue weighted by Crippen LogP contribution is -2.26. The zero-order chi connectivity index (χ0) is 14.4. The topological polar surface area (TPSA) is 95.1 Å². The molecule has 0 bridgehead atoms. The summed E-state index contributed by atoms with van der Waals surface area (Å²) in [6, 6.07) is 0. The van der Waals surface area contributed by atoms with Gasteiger partial charge in [-0.3, -0.25) is 9.89 Å². The van der Waals surface area contributed by atoms with Gasteiger partial charge in [-0.05, 0) is 39.2 Å². The number of nitrogens with zero attached hydrogens (tertiary/aromatic N) is 1. The first kappa shape index (κ1) is 14.9. The van der Waals surface area contributed by atoms with E-state index in [0.717, 1.165) is 24.1 Å². The lowest BCUT2D eigenvalue weighted by molar-refractivity contribution is -0.133. The number of amides is 1. The van der Waals surface area contributed by atoms with Crippen LogP contribution < -0.4 is 5.32 Å². The summed E-state index contributed by atoms with van der Waals surface area (Å²) in [6.45, 7) is 5.39. The monoisotopic (exact) mass is 265 g/mol. The molecule has 1 aromatic heterocycles. The molecule has 0 fully saturated rings. The van der Waals surface area contributed by atoms with Crippen LogP contribution in [0.2, 0.25) is 0 Å². The van der Waals surface area contributed by atoms with Crippen molar-refractivity contribution in [3.8, 4) is 0 Å². The molecule has 0 aliphatic rings. The average molecular weight is 265 g/mol. The Morgan fingerprint density at radius 1 is 1.37 bits per heavy atom. The van der Waals surface area contributed by atoms with Crippen molar-refractivity contribution in [1.82, 2.24) is 15.5 Å². The highest BCUT2D eigenvalue weighted by atomic mass is 16.4. The van der Waals surface area contributed by atoms with Crippen molar-refractivity contribution in [2.24, 2.45) is 0 Å². The van der Waals surface area contributed by atoms with E-state index < -0.39 is 5.97 Å². The van der Waals surface area contributed by atoms with Gasteiger partial charge < -0.3 is 10.4 Å². The third kappa shape index (κ3) is 4.24. The molecule has 3 N–H and O–H groups in total. The largest absolute Gasteiger partial charge is 0.478 e. The SMILES string of the molecule is CC(C(=O)O)=C(C)C(=O)NCCCc1cn[nH]c1C. The third-order valence-corrected chi connectivity index (χ3v) is 3.07. The summed E-state index contributed by atoms with van der Waals surface area (Å²) in [5.74, 6) is -1.40. The molecule has 0 saturated carbocycles. The number of aryl methyl sites for hydroxylation is 2. The standard InChI is InChI=1S/C13H19N3O3/c1-8(9(2)13(18)19)12(17)14-6-4-5-11-7-15-16-10(11)3/h7H,4-6H2,1-3H3,(H,14,17)(H,15,16)(H,18,19). The van der Waals surface area contributed by atoms with Crippen LogP contribution in [0.4, 0.5) is 0 Å². The number of aromatic nitrogens is 2. The van der Waals surface area contributed by atoms with Gasteiger partial charge in [-0.1, -0.05) is 0 Å². The summed E-state index contributed by atoms with van der Waals surface area (Å²) in [5, 5.41) is 18.3. The summed E-state index contributed by atoms with van der Waals surface area (Å²) < 4.78 is 0. The molecule has 104 valence electrons. The van der Waals surface area contributed by atoms with Crippen LogP contribution >= 0.6 is 0 Å². The Labute approximate surface area is 111 Å². The fourth-order valence-corrected chi connectivity index (χ4v) is 1.57. The first-order chi connectivity index (χ1) is 8.93. The summed E-state index contributed by atoms with van der Waals surface area (Å²) in [7, 11) is 0. The minimum atomic E-state index is -1.07. The van der Waals surface area contributed by atoms with Crippen LogP contribution in [0.3, 0.4) is 0 Å². The summed E-state index contributed by atoms with van der Waals surface area (Å²) >= 11 is 0. The Kier molecular flexibility index (Phi) is 5.29. The van der Waals surface area contributed by atoms with Crippen molar-refractivity contribution in [3.63, 3.8) is 0 Å². The number of carboxylic acid groups (broad SMARTS) is 1. The molecule has 1 amide bonds. The third-order valence-electron chi connectivity index (χ3n) is 3.07. The molecule has 6 nitrogen and oxygen atoms in total. The average Bonchev–Trinajstić information content (AvgIpc) is 2.78. The Bertz CT molecular complexity index is 503. The van der Waals surface area contributed by atoms with Gasteiger partial charge in [-0.2, -0.15) is 5.10 Å². The molecular formula is C13H19N3O3. The molecule has 1 rings (SSSR count). The maximum absolute atomic E-state index is 11.7. The molecule has 19 heavy (non-hydrogen) atoms. The fourth-order valence-electron chi connectivity index (χ4n) is 1.57. The highest BCUT2D eigenvalue weighted by Gasteiger charge is 2.11. The van der Waals surface area contributed by atoms with Crippen LogP contribution in [-0.4, -0.2) is 33.7 Å². The summed E-state index contributed by atoms with van der Waals surface area (Å²) in [5.41, 5.74) is 2.47. The zero-order valence-electron chi connectivity index (χ0n) is 11.4. The Morgan fingerprint density at radius 2 is 2.05 bits per heavy atom. The van der Waals surface area contributed by atoms with Crippen molar-refractivity contribution >= 4 is 11.9 Å². The van der Waals surface area contributed by atoms with Gasteiger partial charge in [0, 0.05) is 23.4 Å². The molecule has 0 aliphatic carbocycles. The first-order valence-electron chi connectivity index (χ1n) is 6.11. The lowest BCUT2D eigenvalue weighted by atomic mass is 10.1. The van der Waals surface area contributed by atoms with Crippen LogP contribution in [0.5, 0.6) is 0 Å². The van der Waals surface area contributed by atoms with E-state index in [1.165, 1.54) is 13.8 Å². The normalized spacial score (nSPS) is 11.9. The van der Waals surface area contributed by atoms with E-state index in [1.807, 2.05) is 6.92 Å². The second-order valence-corrected chi connectivity index (χ2v) is 4.43. The maximum atomic E-state index is 11.7. The molecule has 1 aromatic rings. The highest BCUT2D eigenvalue weighted by molar-refractivity contribution is 6.01. The smallest absolute Gasteiger partial charge is 0.331 e. The van der Waals surface area contributed by atoms with E-state index in [-0.39, 0.29) is 17.1 Å². The number of rotatable bonds is 6. The van der Waals surface area contributed by atoms with Crippen molar-refractivity contribution in [3.05, 3.63) is 28.6 Å². The molecule has 0 aliphatic heterocycles. The van der Waals surface area contributed by atoms with E-state index in [9.17, 15) is 9.59 Å². The summed E-state index contributed by atoms with van der Waals surface area (Å²) in [4.78, 5) is 22.4. The predicted octanol–water partition coefficient (Wildman–Crippen LogP) is 1.19. The predicted molar refractivity (Wildman–Crippen MR) is 70.7 cm³/mol. The van der Waals surface area contributed by atoms with Crippen LogP contribution in [0.25, 0.3) is 0 Å². The number of hydrogen-bond donors (Lipinski definition) is 3. The fraction of sp³-hybridized carbons (Fsp3) is 0.462. The number of carbonyl (C=O) groups excluding carboxylic acids is 1. The highest BCUT2D eigenvalue weighted by Crippen LogP contribution is 2.06. The molecule has 0 unspecified atom stereocenters. The number of H-pyrrole nitrogens is 1. The van der Waals surface area contributed by atoms with Crippen molar-refractivity contribution in [1.29, 1.82) is 0 Å². The van der Waals surface area contributed by atoms with Crippen molar-refractivity contribution in [2.75, 3.05) is 6.54 Å². The minimum Gasteiger partial charge on any atom is -0.478 e. The van der Waals surface area contributed by atoms with Crippen molar-refractivity contribution < 1.29 is 14.7 Å². The van der Waals surface area contributed by atoms with Crippen LogP contribution in [0, 0.1) is 6.92 Å². The molecule has 0 aromatic carbocycles. The van der Waals surface area contributed by atoms with E-state index in [4.69, 9.17) is 5.11 Å². The molecule has 0 spiro atoms.